The minimum atomic E-state index is -0.398. The van der Waals surface area contributed by atoms with Gasteiger partial charge in [-0.15, -0.1) is 0 Å². The number of likely N-dealkylation sites (N-methyl/N-ethyl adjacent to an activating group) is 1. The molecule has 0 saturated carbocycles. The number of hydrogen-bond donors (Lipinski definition) is 1. The largest absolute Gasteiger partial charge is 0.378 e. The number of nitrogens with zero attached hydrogens (tertiary/aromatic N) is 7. The number of aromatic nitrogens is 4. The lowest BCUT2D eigenvalue weighted by molar-refractivity contribution is 0.102. The van der Waals surface area contributed by atoms with Crippen LogP contribution in [0.3, 0.4) is 0 Å². The zero-order chi connectivity index (χ0) is 27.8. The Morgan fingerprint density at radius 2 is 1.77 bits per heavy atom. The van der Waals surface area contributed by atoms with E-state index in [9.17, 15) is 4.79 Å². The molecule has 40 heavy (non-hydrogen) atoms. The smallest absolute Gasteiger partial charge is 0.276 e. The van der Waals surface area contributed by atoms with Crippen LogP contribution in [0.25, 0.3) is 22.0 Å². The predicted octanol–water partition coefficient (Wildman–Crippen LogP) is 3.40. The van der Waals surface area contributed by atoms with Crippen LogP contribution in [-0.2, 0) is 11.8 Å². The van der Waals surface area contributed by atoms with Crippen molar-refractivity contribution in [3.63, 3.8) is 0 Å². The van der Waals surface area contributed by atoms with Crippen molar-refractivity contribution in [3.05, 3.63) is 60.3 Å². The highest BCUT2D eigenvalue weighted by atomic mass is 19.1. The number of amides is 1. The number of carbonyl (C=O) groups is 1. The molecule has 0 bridgehead atoms. The van der Waals surface area contributed by atoms with E-state index in [4.69, 9.17) is 4.74 Å². The number of benzene rings is 2. The maximum atomic E-state index is 15.7. The van der Waals surface area contributed by atoms with Gasteiger partial charge >= 0.3 is 0 Å². The summed E-state index contributed by atoms with van der Waals surface area (Å²) in [4.78, 5) is 29.0. The van der Waals surface area contributed by atoms with Crippen molar-refractivity contribution in [2.75, 3.05) is 68.1 Å². The van der Waals surface area contributed by atoms with Gasteiger partial charge in [-0.05, 0) is 32.2 Å². The molecule has 1 amide bonds. The van der Waals surface area contributed by atoms with Crippen LogP contribution in [-0.4, -0.2) is 89.6 Å². The van der Waals surface area contributed by atoms with Crippen molar-refractivity contribution in [3.8, 4) is 11.1 Å². The van der Waals surface area contributed by atoms with Gasteiger partial charge in [-0.25, -0.2) is 14.4 Å². The maximum absolute atomic E-state index is 15.7. The number of nitrogens with one attached hydrogen (secondary N) is 1. The molecule has 0 spiro atoms. The second-order valence-electron chi connectivity index (χ2n) is 10.4. The Morgan fingerprint density at radius 3 is 2.52 bits per heavy atom. The number of halogens is 1. The zero-order valence-electron chi connectivity index (χ0n) is 23.0. The molecule has 2 aliphatic heterocycles. The Hall–Kier alpha value is -4.09. The SMILES string of the molecule is C[C@H]1CN(c2cc(F)c(-c3cnc(N4CCOCC4)nc3)cc2NC(=O)c2nn(C)c3ccccc23)CCN1C. The number of rotatable bonds is 5. The summed E-state index contributed by atoms with van der Waals surface area (Å²) in [7, 11) is 3.90. The highest BCUT2D eigenvalue weighted by Crippen LogP contribution is 2.36. The molecule has 4 aromatic rings. The first-order valence-electron chi connectivity index (χ1n) is 13.6. The minimum absolute atomic E-state index is 0.279. The summed E-state index contributed by atoms with van der Waals surface area (Å²) < 4.78 is 22.8. The van der Waals surface area contributed by atoms with Crippen LogP contribution in [0, 0.1) is 5.82 Å². The van der Waals surface area contributed by atoms with E-state index in [0.717, 1.165) is 17.4 Å². The third kappa shape index (κ3) is 4.98. The molecule has 11 heteroatoms. The molecule has 10 nitrogen and oxygen atoms in total. The van der Waals surface area contributed by atoms with Crippen LogP contribution >= 0.6 is 0 Å². The highest BCUT2D eigenvalue weighted by Gasteiger charge is 2.26. The van der Waals surface area contributed by atoms with E-state index >= 15 is 4.39 Å². The third-order valence-corrected chi connectivity index (χ3v) is 7.85. The Bertz CT molecular complexity index is 1530. The summed E-state index contributed by atoms with van der Waals surface area (Å²) in [5.41, 5.74) is 3.19. The number of ether oxygens (including phenoxy) is 1. The van der Waals surface area contributed by atoms with Crippen LogP contribution in [0.4, 0.5) is 21.7 Å². The molecule has 0 radical (unpaired) electrons. The Morgan fingerprint density at radius 1 is 1.02 bits per heavy atom. The topological polar surface area (TPSA) is 91.6 Å². The fourth-order valence-corrected chi connectivity index (χ4v) is 5.36. The number of aryl methyl sites for hydroxylation is 1. The van der Waals surface area contributed by atoms with Gasteiger partial charge in [-0.3, -0.25) is 9.48 Å². The van der Waals surface area contributed by atoms with E-state index in [0.29, 0.717) is 73.5 Å². The Labute approximate surface area is 232 Å². The number of piperazine rings is 1. The monoisotopic (exact) mass is 544 g/mol. The lowest BCUT2D eigenvalue weighted by Crippen LogP contribution is -2.50. The van der Waals surface area contributed by atoms with E-state index < -0.39 is 5.82 Å². The van der Waals surface area contributed by atoms with Crippen LogP contribution in [0.15, 0.2) is 48.8 Å². The Balaban J connectivity index is 1.37. The molecule has 6 rings (SSSR count). The highest BCUT2D eigenvalue weighted by molar-refractivity contribution is 6.12. The summed E-state index contributed by atoms with van der Waals surface area (Å²) in [5, 5.41) is 8.29. The van der Waals surface area contributed by atoms with Gasteiger partial charge in [0, 0.05) is 74.7 Å². The van der Waals surface area contributed by atoms with Crippen LogP contribution in [0.5, 0.6) is 0 Å². The van der Waals surface area contributed by atoms with Crippen molar-refractivity contribution >= 4 is 34.1 Å². The molecule has 1 atom stereocenters. The van der Waals surface area contributed by atoms with E-state index in [-0.39, 0.29) is 11.9 Å². The molecule has 2 fully saturated rings. The second-order valence-corrected chi connectivity index (χ2v) is 10.4. The standard InChI is InChI=1S/C29H33FN8O2/c1-19-18-38(9-8-35(19)2)26-15-23(30)22(20-16-31-29(32-17-20)37-10-12-40-13-11-37)14-24(26)33-28(39)27-21-6-4-5-7-25(21)36(3)34-27/h4-7,14-17,19H,8-13,18H2,1-3H3,(H,33,39)/t19-/m0/s1. The van der Waals surface area contributed by atoms with Gasteiger partial charge in [-0.1, -0.05) is 18.2 Å². The fraction of sp³-hybridized carbons (Fsp3) is 0.379. The average molecular weight is 545 g/mol. The number of carbonyl (C=O) groups excluding carboxylic acids is 1. The quantitative estimate of drug-likeness (QED) is 0.409. The van der Waals surface area contributed by atoms with Gasteiger partial charge in [-0.2, -0.15) is 5.10 Å². The summed E-state index contributed by atoms with van der Waals surface area (Å²) in [6.45, 7) is 7.08. The molecule has 4 heterocycles. The number of morpholine rings is 1. The van der Waals surface area contributed by atoms with Gasteiger partial charge in [0.1, 0.15) is 5.82 Å². The summed E-state index contributed by atoms with van der Waals surface area (Å²) in [6.07, 6.45) is 3.26. The van der Waals surface area contributed by atoms with Gasteiger partial charge < -0.3 is 24.8 Å². The van der Waals surface area contributed by atoms with Crippen LogP contribution in [0.1, 0.15) is 17.4 Å². The van der Waals surface area contributed by atoms with Gasteiger partial charge in [0.05, 0.1) is 30.1 Å². The first kappa shape index (κ1) is 26.1. The molecule has 2 aliphatic rings. The van der Waals surface area contributed by atoms with Crippen LogP contribution < -0.4 is 15.1 Å². The van der Waals surface area contributed by atoms with Crippen molar-refractivity contribution in [2.24, 2.45) is 7.05 Å². The van der Waals surface area contributed by atoms with E-state index in [1.54, 1.807) is 23.1 Å². The van der Waals surface area contributed by atoms with E-state index in [1.807, 2.05) is 36.2 Å². The lowest BCUT2D eigenvalue weighted by atomic mass is 10.0. The second kappa shape index (κ2) is 10.8. The van der Waals surface area contributed by atoms with E-state index in [1.165, 1.54) is 6.07 Å². The molecule has 0 unspecified atom stereocenters. The number of anilines is 3. The summed E-state index contributed by atoms with van der Waals surface area (Å²) in [6, 6.07) is 11.1. The first-order chi connectivity index (χ1) is 19.4. The maximum Gasteiger partial charge on any atom is 0.276 e. The van der Waals surface area contributed by atoms with Crippen molar-refractivity contribution in [1.29, 1.82) is 0 Å². The Kier molecular flexibility index (Phi) is 7.07. The zero-order valence-corrected chi connectivity index (χ0v) is 23.0. The van der Waals surface area contributed by atoms with Crippen LogP contribution in [0.2, 0.25) is 0 Å². The molecule has 2 aromatic heterocycles. The first-order valence-corrected chi connectivity index (χ1v) is 13.6. The number of hydrogen-bond acceptors (Lipinski definition) is 8. The van der Waals surface area contributed by atoms with Crippen molar-refractivity contribution in [1.82, 2.24) is 24.6 Å². The summed E-state index contributed by atoms with van der Waals surface area (Å²) >= 11 is 0. The normalized spacial score (nSPS) is 18.4. The van der Waals surface area contributed by atoms with Gasteiger partial charge in [0.2, 0.25) is 5.95 Å². The van der Waals surface area contributed by atoms with Crippen molar-refractivity contribution < 1.29 is 13.9 Å². The van der Waals surface area contributed by atoms with Gasteiger partial charge in [0.15, 0.2) is 5.69 Å². The number of para-hydroxylation sites is 1. The fourth-order valence-electron chi connectivity index (χ4n) is 5.36. The lowest BCUT2D eigenvalue weighted by Gasteiger charge is -2.39. The molecule has 0 aliphatic carbocycles. The molecule has 2 saturated heterocycles. The van der Waals surface area contributed by atoms with E-state index in [2.05, 4.69) is 44.2 Å². The number of fused-ring (bicyclic) bond motifs is 1. The molecular weight excluding hydrogens is 511 g/mol. The van der Waals surface area contributed by atoms with Crippen molar-refractivity contribution in [2.45, 2.75) is 13.0 Å². The molecule has 2 aromatic carbocycles. The molecular formula is C29H33FN8O2. The summed E-state index contributed by atoms with van der Waals surface area (Å²) in [5.74, 6) is -0.159. The van der Waals surface area contributed by atoms with Gasteiger partial charge in [0.25, 0.3) is 5.91 Å². The minimum Gasteiger partial charge on any atom is -0.378 e. The molecule has 1 N–H and O–H groups in total. The average Bonchev–Trinajstić information content (AvgIpc) is 3.32. The molecule has 208 valence electrons. The predicted molar refractivity (Wildman–Crippen MR) is 153 cm³/mol. The third-order valence-electron chi connectivity index (χ3n) is 7.85.